The molecule has 0 aromatic carbocycles. The molecule has 2 fully saturated rings. The van der Waals surface area contributed by atoms with Crippen LogP contribution in [0.3, 0.4) is 0 Å². The molecular formula is C10H15N3O5. The standard InChI is InChI=1S/C10H15N3O5/c11-2-7(14)12-3-10(16)17-5-6-4-13-8(15)1-9(13)18-6/h6,9H,1-5,11H2,(H,12,14). The van der Waals surface area contributed by atoms with Crippen molar-refractivity contribution in [3.63, 3.8) is 0 Å². The molecule has 0 bridgehead atoms. The van der Waals surface area contributed by atoms with E-state index in [0.29, 0.717) is 13.0 Å². The summed E-state index contributed by atoms with van der Waals surface area (Å²) in [5.74, 6) is -0.913. The Morgan fingerprint density at radius 3 is 2.94 bits per heavy atom. The van der Waals surface area contributed by atoms with Crippen LogP contribution in [0.4, 0.5) is 0 Å². The predicted molar refractivity (Wildman–Crippen MR) is 58.0 cm³/mol. The number of ether oxygens (including phenoxy) is 2. The van der Waals surface area contributed by atoms with Crippen LogP contribution < -0.4 is 11.1 Å². The Bertz CT molecular complexity index is 373. The maximum Gasteiger partial charge on any atom is 0.325 e. The number of hydrogen-bond acceptors (Lipinski definition) is 6. The number of carbonyl (C=O) groups is 3. The molecule has 8 nitrogen and oxygen atoms in total. The first-order valence-corrected chi connectivity index (χ1v) is 5.67. The summed E-state index contributed by atoms with van der Waals surface area (Å²) in [4.78, 5) is 34.7. The van der Waals surface area contributed by atoms with E-state index in [9.17, 15) is 14.4 Å². The van der Waals surface area contributed by atoms with Crippen molar-refractivity contribution in [1.29, 1.82) is 0 Å². The van der Waals surface area contributed by atoms with E-state index in [1.807, 2.05) is 0 Å². The summed E-state index contributed by atoms with van der Waals surface area (Å²) in [7, 11) is 0. The van der Waals surface area contributed by atoms with E-state index in [1.54, 1.807) is 4.90 Å². The highest BCUT2D eigenvalue weighted by Gasteiger charge is 2.45. The van der Waals surface area contributed by atoms with Gasteiger partial charge in [0, 0.05) is 0 Å². The molecule has 2 rings (SSSR count). The van der Waals surface area contributed by atoms with E-state index in [4.69, 9.17) is 15.2 Å². The molecule has 2 unspecified atom stereocenters. The molecule has 2 aliphatic heterocycles. The van der Waals surface area contributed by atoms with Gasteiger partial charge in [-0.2, -0.15) is 0 Å². The van der Waals surface area contributed by atoms with Gasteiger partial charge in [0.1, 0.15) is 25.5 Å². The molecule has 0 aromatic heterocycles. The van der Waals surface area contributed by atoms with Gasteiger partial charge in [-0.1, -0.05) is 0 Å². The molecule has 2 amide bonds. The number of nitrogens with one attached hydrogen (secondary N) is 1. The average molecular weight is 257 g/mol. The Morgan fingerprint density at radius 2 is 2.33 bits per heavy atom. The third-order valence-corrected chi connectivity index (χ3v) is 2.81. The van der Waals surface area contributed by atoms with Gasteiger partial charge >= 0.3 is 5.97 Å². The number of nitrogens with two attached hydrogens (primary N) is 1. The lowest BCUT2D eigenvalue weighted by Crippen LogP contribution is -2.48. The van der Waals surface area contributed by atoms with E-state index < -0.39 is 11.9 Å². The minimum Gasteiger partial charge on any atom is -0.462 e. The molecule has 0 aromatic rings. The molecule has 100 valence electrons. The summed E-state index contributed by atoms with van der Waals surface area (Å²) in [6.45, 7) is 0.149. The van der Waals surface area contributed by atoms with E-state index in [2.05, 4.69) is 5.32 Å². The smallest absolute Gasteiger partial charge is 0.325 e. The molecule has 2 aliphatic rings. The van der Waals surface area contributed by atoms with Crippen LogP contribution in [-0.4, -0.2) is 61.3 Å². The van der Waals surface area contributed by atoms with Crippen LogP contribution in [0.1, 0.15) is 6.42 Å². The number of rotatable bonds is 5. The normalized spacial score (nSPS) is 25.4. The fourth-order valence-corrected chi connectivity index (χ4v) is 1.82. The van der Waals surface area contributed by atoms with Gasteiger partial charge in [0.2, 0.25) is 11.8 Å². The molecule has 0 spiro atoms. The largest absolute Gasteiger partial charge is 0.462 e. The lowest BCUT2D eigenvalue weighted by Gasteiger charge is -2.31. The van der Waals surface area contributed by atoms with Crippen LogP contribution in [0.15, 0.2) is 0 Å². The maximum absolute atomic E-state index is 11.2. The number of nitrogens with zero attached hydrogens (tertiary/aromatic N) is 1. The highest BCUT2D eigenvalue weighted by molar-refractivity contribution is 5.83. The van der Waals surface area contributed by atoms with Crippen LogP contribution >= 0.6 is 0 Å². The Kier molecular flexibility index (Phi) is 3.78. The second-order valence-corrected chi connectivity index (χ2v) is 4.13. The van der Waals surface area contributed by atoms with Crippen molar-refractivity contribution in [2.45, 2.75) is 18.8 Å². The van der Waals surface area contributed by atoms with Crippen LogP contribution in [0.5, 0.6) is 0 Å². The number of carbonyl (C=O) groups excluding carboxylic acids is 3. The van der Waals surface area contributed by atoms with E-state index in [1.165, 1.54) is 0 Å². The van der Waals surface area contributed by atoms with Crippen LogP contribution in [-0.2, 0) is 23.9 Å². The van der Waals surface area contributed by atoms with Crippen LogP contribution in [0.25, 0.3) is 0 Å². The molecule has 2 heterocycles. The van der Waals surface area contributed by atoms with Crippen LogP contribution in [0.2, 0.25) is 0 Å². The fourth-order valence-electron chi connectivity index (χ4n) is 1.82. The number of β-lactam (4-membered cyclic amide) rings is 1. The quantitative estimate of drug-likeness (QED) is 0.418. The third kappa shape index (κ3) is 2.77. The fraction of sp³-hybridized carbons (Fsp3) is 0.700. The Balaban J connectivity index is 1.62. The second kappa shape index (κ2) is 5.32. The topological polar surface area (TPSA) is 111 Å². The molecule has 0 saturated carbocycles. The zero-order valence-electron chi connectivity index (χ0n) is 9.76. The molecular weight excluding hydrogens is 242 g/mol. The zero-order chi connectivity index (χ0) is 13.1. The van der Waals surface area contributed by atoms with E-state index >= 15 is 0 Å². The summed E-state index contributed by atoms with van der Waals surface area (Å²) in [6.07, 6.45) is -0.0365. The average Bonchev–Trinajstić information content (AvgIpc) is 2.70. The lowest BCUT2D eigenvalue weighted by molar-refractivity contribution is -0.159. The number of amides is 2. The SMILES string of the molecule is NCC(=O)NCC(=O)OCC1CN2C(=O)CC2O1. The molecule has 0 aliphatic carbocycles. The highest BCUT2D eigenvalue weighted by atomic mass is 16.6. The highest BCUT2D eigenvalue weighted by Crippen LogP contribution is 2.28. The van der Waals surface area contributed by atoms with Gasteiger partial charge in [-0.15, -0.1) is 0 Å². The van der Waals surface area contributed by atoms with E-state index in [-0.39, 0.29) is 37.9 Å². The summed E-state index contributed by atoms with van der Waals surface area (Å²) >= 11 is 0. The first kappa shape index (κ1) is 12.8. The second-order valence-electron chi connectivity index (χ2n) is 4.13. The van der Waals surface area contributed by atoms with Crippen molar-refractivity contribution in [3.8, 4) is 0 Å². The van der Waals surface area contributed by atoms with Crippen molar-refractivity contribution in [2.75, 3.05) is 26.2 Å². The Hall–Kier alpha value is -1.67. The summed E-state index contributed by atoms with van der Waals surface area (Å²) in [6, 6.07) is 0. The van der Waals surface area contributed by atoms with Crippen molar-refractivity contribution >= 4 is 17.8 Å². The zero-order valence-corrected chi connectivity index (χ0v) is 9.76. The monoisotopic (exact) mass is 257 g/mol. The first-order chi connectivity index (χ1) is 8.60. The lowest BCUT2D eigenvalue weighted by atomic mass is 10.2. The molecule has 2 saturated heterocycles. The van der Waals surface area contributed by atoms with Crippen molar-refractivity contribution in [3.05, 3.63) is 0 Å². The Morgan fingerprint density at radius 1 is 1.56 bits per heavy atom. The van der Waals surface area contributed by atoms with Gasteiger partial charge in [0.15, 0.2) is 0 Å². The molecule has 3 N–H and O–H groups in total. The number of esters is 1. The minimum absolute atomic E-state index is 0.0593. The number of hydrogen-bond donors (Lipinski definition) is 2. The predicted octanol–water partition coefficient (Wildman–Crippen LogP) is -2.44. The van der Waals surface area contributed by atoms with Crippen LogP contribution in [0, 0.1) is 0 Å². The molecule has 0 radical (unpaired) electrons. The first-order valence-electron chi connectivity index (χ1n) is 5.67. The summed E-state index contributed by atoms with van der Waals surface area (Å²) < 4.78 is 10.4. The third-order valence-electron chi connectivity index (χ3n) is 2.81. The summed E-state index contributed by atoms with van der Waals surface area (Å²) in [5, 5.41) is 2.30. The van der Waals surface area contributed by atoms with Gasteiger partial charge < -0.3 is 25.4 Å². The Labute approximate surface area is 103 Å². The number of fused-ring (bicyclic) bond motifs is 1. The van der Waals surface area contributed by atoms with Crippen molar-refractivity contribution in [1.82, 2.24) is 10.2 Å². The molecule has 8 heteroatoms. The van der Waals surface area contributed by atoms with Gasteiger partial charge in [-0.3, -0.25) is 14.4 Å². The minimum atomic E-state index is -0.555. The van der Waals surface area contributed by atoms with Gasteiger partial charge in [-0.05, 0) is 0 Å². The van der Waals surface area contributed by atoms with E-state index in [0.717, 1.165) is 0 Å². The van der Waals surface area contributed by atoms with Gasteiger partial charge in [-0.25, -0.2) is 0 Å². The maximum atomic E-state index is 11.2. The van der Waals surface area contributed by atoms with Crippen molar-refractivity contribution in [2.24, 2.45) is 5.73 Å². The summed E-state index contributed by atoms with van der Waals surface area (Å²) in [5.41, 5.74) is 5.06. The van der Waals surface area contributed by atoms with Crippen molar-refractivity contribution < 1.29 is 23.9 Å². The van der Waals surface area contributed by atoms with Gasteiger partial charge in [0.25, 0.3) is 0 Å². The molecule has 2 atom stereocenters. The van der Waals surface area contributed by atoms with Gasteiger partial charge in [0.05, 0.1) is 19.5 Å². The molecule has 18 heavy (non-hydrogen) atoms.